The molecule has 0 atom stereocenters. The number of aryl methyl sites for hydroxylation is 1. The second kappa shape index (κ2) is 7.46. The van der Waals surface area contributed by atoms with Crippen LogP contribution in [0.3, 0.4) is 0 Å². The molecule has 0 N–H and O–H groups in total. The number of ether oxygens (including phenoxy) is 1. The molecule has 0 radical (unpaired) electrons. The zero-order chi connectivity index (χ0) is 20.4. The molecule has 8 heteroatoms. The Labute approximate surface area is 165 Å². The maximum absolute atomic E-state index is 12.7. The van der Waals surface area contributed by atoms with Crippen LogP contribution in [0.1, 0.15) is 11.3 Å². The van der Waals surface area contributed by atoms with Gasteiger partial charge in [0.15, 0.2) is 0 Å². The third kappa shape index (κ3) is 4.01. The Morgan fingerprint density at radius 1 is 1.00 bits per heavy atom. The number of hydrogen-bond acceptors (Lipinski definition) is 3. The van der Waals surface area contributed by atoms with Crippen LogP contribution in [0.25, 0.3) is 16.9 Å². The van der Waals surface area contributed by atoms with Gasteiger partial charge in [0.05, 0.1) is 29.5 Å². The fourth-order valence-corrected chi connectivity index (χ4v) is 2.94. The molecule has 2 heterocycles. The number of para-hydroxylation sites is 1. The van der Waals surface area contributed by atoms with Crippen LogP contribution in [0.4, 0.5) is 13.2 Å². The predicted octanol–water partition coefficient (Wildman–Crippen LogP) is 4.87. The van der Waals surface area contributed by atoms with E-state index in [0.717, 1.165) is 34.8 Å². The van der Waals surface area contributed by atoms with E-state index in [4.69, 9.17) is 4.74 Å². The summed E-state index contributed by atoms with van der Waals surface area (Å²) in [5, 5.41) is 4.27. The van der Waals surface area contributed by atoms with Gasteiger partial charge in [-0.2, -0.15) is 18.3 Å². The van der Waals surface area contributed by atoms with E-state index in [1.54, 1.807) is 24.3 Å². The normalized spacial score (nSPS) is 11.6. The highest BCUT2D eigenvalue weighted by Crippen LogP contribution is 2.31. The molecule has 4 rings (SSSR count). The van der Waals surface area contributed by atoms with Crippen LogP contribution in [0.15, 0.2) is 73.3 Å². The number of rotatable bonds is 5. The van der Waals surface area contributed by atoms with Crippen LogP contribution >= 0.6 is 0 Å². The molecule has 2 aromatic heterocycles. The molecule has 29 heavy (non-hydrogen) atoms. The predicted molar refractivity (Wildman–Crippen MR) is 102 cm³/mol. The van der Waals surface area contributed by atoms with E-state index in [9.17, 15) is 13.2 Å². The highest BCUT2D eigenvalue weighted by molar-refractivity contribution is 5.61. The smallest absolute Gasteiger partial charge is 0.416 e. The van der Waals surface area contributed by atoms with Crippen LogP contribution in [-0.4, -0.2) is 19.3 Å². The zero-order valence-electron chi connectivity index (χ0n) is 15.5. The average molecular weight is 398 g/mol. The van der Waals surface area contributed by atoms with Gasteiger partial charge in [-0.1, -0.05) is 18.2 Å². The summed E-state index contributed by atoms with van der Waals surface area (Å²) in [6.45, 7) is 0.148. The SMILES string of the molecule is Cn1ncc(-c2cn(-c3ccccc3)cn2)c1COc1ccc(C(F)(F)F)cc1. The summed E-state index contributed by atoms with van der Waals surface area (Å²) < 4.78 is 47.3. The van der Waals surface area contributed by atoms with Gasteiger partial charge in [0.1, 0.15) is 12.4 Å². The van der Waals surface area contributed by atoms with Gasteiger partial charge in [-0.25, -0.2) is 4.98 Å². The van der Waals surface area contributed by atoms with E-state index < -0.39 is 11.7 Å². The van der Waals surface area contributed by atoms with Crippen molar-refractivity contribution in [3.05, 3.63) is 84.6 Å². The lowest BCUT2D eigenvalue weighted by molar-refractivity contribution is -0.137. The quantitative estimate of drug-likeness (QED) is 0.482. The monoisotopic (exact) mass is 398 g/mol. The highest BCUT2D eigenvalue weighted by Gasteiger charge is 2.30. The molecule has 0 saturated heterocycles. The molecule has 0 aliphatic carbocycles. The van der Waals surface area contributed by atoms with Gasteiger partial charge in [0, 0.05) is 24.5 Å². The fraction of sp³-hybridized carbons (Fsp3) is 0.143. The second-order valence-electron chi connectivity index (χ2n) is 6.44. The number of benzene rings is 2. The first kappa shape index (κ1) is 18.8. The third-order valence-corrected chi connectivity index (χ3v) is 4.53. The van der Waals surface area contributed by atoms with E-state index in [0.29, 0.717) is 5.75 Å². The minimum atomic E-state index is -4.37. The van der Waals surface area contributed by atoms with Crippen LogP contribution < -0.4 is 4.74 Å². The van der Waals surface area contributed by atoms with Crippen molar-refractivity contribution in [3.63, 3.8) is 0 Å². The van der Waals surface area contributed by atoms with E-state index in [-0.39, 0.29) is 6.61 Å². The Morgan fingerprint density at radius 2 is 1.72 bits per heavy atom. The molecule has 0 fully saturated rings. The summed E-state index contributed by atoms with van der Waals surface area (Å²) in [6, 6.07) is 14.4. The minimum absolute atomic E-state index is 0.148. The van der Waals surface area contributed by atoms with E-state index in [1.807, 2.05) is 41.1 Å². The molecule has 0 saturated carbocycles. The van der Waals surface area contributed by atoms with Gasteiger partial charge in [0.2, 0.25) is 0 Å². The highest BCUT2D eigenvalue weighted by atomic mass is 19.4. The molecule has 0 amide bonds. The van der Waals surface area contributed by atoms with Crippen molar-refractivity contribution in [1.29, 1.82) is 0 Å². The molecule has 0 aliphatic heterocycles. The Kier molecular flexibility index (Phi) is 4.84. The first-order chi connectivity index (χ1) is 13.9. The molecule has 4 aromatic rings. The van der Waals surface area contributed by atoms with Crippen LogP contribution in [0, 0.1) is 0 Å². The van der Waals surface area contributed by atoms with Gasteiger partial charge in [0.25, 0.3) is 0 Å². The minimum Gasteiger partial charge on any atom is -0.487 e. The third-order valence-electron chi connectivity index (χ3n) is 4.53. The Balaban J connectivity index is 1.53. The van der Waals surface area contributed by atoms with Gasteiger partial charge in [-0.15, -0.1) is 0 Å². The van der Waals surface area contributed by atoms with Gasteiger partial charge in [-0.3, -0.25) is 4.68 Å². The Morgan fingerprint density at radius 3 is 2.41 bits per heavy atom. The van der Waals surface area contributed by atoms with Gasteiger partial charge < -0.3 is 9.30 Å². The lowest BCUT2D eigenvalue weighted by Gasteiger charge is -2.10. The van der Waals surface area contributed by atoms with Crippen molar-refractivity contribution < 1.29 is 17.9 Å². The van der Waals surface area contributed by atoms with E-state index in [1.165, 1.54) is 12.1 Å². The molecule has 0 unspecified atom stereocenters. The van der Waals surface area contributed by atoms with Crippen LogP contribution in [0.5, 0.6) is 5.75 Å². The molecule has 5 nitrogen and oxygen atoms in total. The van der Waals surface area contributed by atoms with Crippen molar-refractivity contribution in [1.82, 2.24) is 19.3 Å². The second-order valence-corrected chi connectivity index (χ2v) is 6.44. The van der Waals surface area contributed by atoms with Crippen LogP contribution in [0.2, 0.25) is 0 Å². The van der Waals surface area contributed by atoms with Crippen molar-refractivity contribution in [2.45, 2.75) is 12.8 Å². The maximum atomic E-state index is 12.7. The number of hydrogen-bond donors (Lipinski definition) is 0. The van der Waals surface area contributed by atoms with Crippen LogP contribution in [-0.2, 0) is 19.8 Å². The largest absolute Gasteiger partial charge is 0.487 e. The van der Waals surface area contributed by atoms with Crippen molar-refractivity contribution in [2.24, 2.45) is 7.05 Å². The number of imidazole rings is 1. The van der Waals surface area contributed by atoms with E-state index in [2.05, 4.69) is 10.1 Å². The number of nitrogens with zero attached hydrogens (tertiary/aromatic N) is 4. The van der Waals surface area contributed by atoms with E-state index >= 15 is 0 Å². The standard InChI is InChI=1S/C21H17F3N4O/c1-27-20(13-29-17-9-7-15(8-10-17)21(22,23)24)18(11-26-27)19-12-28(14-25-19)16-5-3-2-4-6-16/h2-12,14H,13H2,1H3. The lowest BCUT2D eigenvalue weighted by Crippen LogP contribution is -2.06. The molecular formula is C21H17F3N4O. The van der Waals surface area contributed by atoms with Crippen molar-refractivity contribution in [2.75, 3.05) is 0 Å². The number of aromatic nitrogens is 4. The van der Waals surface area contributed by atoms with Crippen molar-refractivity contribution in [3.8, 4) is 22.7 Å². The fourth-order valence-electron chi connectivity index (χ4n) is 2.94. The molecule has 0 aliphatic rings. The summed E-state index contributed by atoms with van der Waals surface area (Å²) in [4.78, 5) is 4.46. The summed E-state index contributed by atoms with van der Waals surface area (Å²) in [5.74, 6) is 0.347. The van der Waals surface area contributed by atoms with Gasteiger partial charge >= 0.3 is 6.18 Å². The summed E-state index contributed by atoms with van der Waals surface area (Å²) in [6.07, 6.45) is 0.945. The van der Waals surface area contributed by atoms with Gasteiger partial charge in [-0.05, 0) is 36.4 Å². The number of halogens is 3. The Bertz CT molecular complexity index is 1100. The summed E-state index contributed by atoms with van der Waals surface area (Å²) in [5.41, 5.74) is 2.57. The first-order valence-electron chi connectivity index (χ1n) is 8.82. The summed E-state index contributed by atoms with van der Waals surface area (Å²) in [7, 11) is 1.78. The molecule has 2 aromatic carbocycles. The molecule has 148 valence electrons. The zero-order valence-corrected chi connectivity index (χ0v) is 15.5. The first-order valence-corrected chi connectivity index (χ1v) is 8.82. The topological polar surface area (TPSA) is 44.9 Å². The average Bonchev–Trinajstić information content (AvgIpc) is 3.33. The Hall–Kier alpha value is -3.55. The molecule has 0 bridgehead atoms. The molecular weight excluding hydrogens is 381 g/mol. The maximum Gasteiger partial charge on any atom is 0.416 e. The molecule has 0 spiro atoms. The lowest BCUT2D eigenvalue weighted by atomic mass is 10.2. The summed E-state index contributed by atoms with van der Waals surface area (Å²) >= 11 is 0. The van der Waals surface area contributed by atoms with Crippen molar-refractivity contribution >= 4 is 0 Å². The number of alkyl halides is 3.